The fourth-order valence-corrected chi connectivity index (χ4v) is 2.91. The molecular weight excluding hydrogens is 234 g/mol. The Labute approximate surface area is 116 Å². The highest BCUT2D eigenvalue weighted by Crippen LogP contribution is 2.27. The zero-order valence-electron chi connectivity index (χ0n) is 11.7. The molecule has 2 heteroatoms. The highest BCUT2D eigenvalue weighted by atomic mass is 16.1. The first-order valence-electron chi connectivity index (χ1n) is 7.46. The van der Waals surface area contributed by atoms with Gasteiger partial charge in [0.1, 0.15) is 0 Å². The maximum atomic E-state index is 12.1. The summed E-state index contributed by atoms with van der Waals surface area (Å²) in [5.74, 6) is 0.761. The summed E-state index contributed by atoms with van der Waals surface area (Å²) in [5.41, 5.74) is 2.15. The van der Waals surface area contributed by atoms with Crippen molar-refractivity contribution in [2.24, 2.45) is 5.92 Å². The molecule has 0 heterocycles. The van der Waals surface area contributed by atoms with Gasteiger partial charge in [0, 0.05) is 12.1 Å². The van der Waals surface area contributed by atoms with Gasteiger partial charge in [-0.05, 0) is 43.2 Å². The second kappa shape index (κ2) is 7.32. The number of carbonyl (C=O) groups excluding carboxylic acids is 1. The molecule has 1 aliphatic carbocycles. The zero-order chi connectivity index (χ0) is 13.5. The van der Waals surface area contributed by atoms with E-state index in [1.165, 1.54) is 37.7 Å². The number of para-hydroxylation sites is 1. The molecule has 2 nitrogen and oxygen atoms in total. The summed E-state index contributed by atoms with van der Waals surface area (Å²) < 4.78 is 0. The normalized spacial score (nSPS) is 16.3. The summed E-state index contributed by atoms with van der Waals surface area (Å²) in [4.78, 5) is 12.1. The Kier molecular flexibility index (Phi) is 5.44. The predicted octanol–water partition coefficient (Wildman–Crippen LogP) is 4.36. The van der Waals surface area contributed by atoms with Crippen molar-refractivity contribution in [3.05, 3.63) is 36.8 Å². The first-order chi connectivity index (χ1) is 9.29. The largest absolute Gasteiger partial charge is 0.326 e. The number of rotatable bonds is 5. The predicted molar refractivity (Wildman–Crippen MR) is 79.9 cm³/mol. The topological polar surface area (TPSA) is 29.1 Å². The van der Waals surface area contributed by atoms with Crippen LogP contribution in [0.3, 0.4) is 0 Å². The van der Waals surface area contributed by atoms with Gasteiger partial charge in [-0.2, -0.15) is 0 Å². The molecule has 0 bridgehead atoms. The molecule has 1 aromatic rings. The van der Waals surface area contributed by atoms with Gasteiger partial charge in [-0.1, -0.05) is 44.4 Å². The monoisotopic (exact) mass is 258 g/mol. The second-order valence-corrected chi connectivity index (χ2v) is 5.52. The number of hydrogen-bond donors (Lipinski definition) is 1. The molecule has 2 rings (SSSR count). The van der Waals surface area contributed by atoms with Crippen LogP contribution in [-0.2, 0) is 11.2 Å². The van der Waals surface area contributed by atoms with Crippen LogP contribution in [0.4, 0.5) is 5.69 Å². The molecule has 0 unspecified atom stereocenters. The number of nitrogens with one attached hydrogen (secondary N) is 1. The van der Waals surface area contributed by atoms with Crippen LogP contribution in [0.25, 0.3) is 0 Å². The lowest BCUT2D eigenvalue weighted by Gasteiger charge is -2.21. The van der Waals surface area contributed by atoms with Gasteiger partial charge >= 0.3 is 0 Å². The molecule has 103 valence electrons. The molecular formula is C17H24NO. The molecule has 1 aliphatic rings. The zero-order valence-corrected chi connectivity index (χ0v) is 11.7. The van der Waals surface area contributed by atoms with Crippen LogP contribution in [-0.4, -0.2) is 5.91 Å². The van der Waals surface area contributed by atoms with Gasteiger partial charge in [-0.15, -0.1) is 0 Å². The molecule has 1 radical (unpaired) electrons. The third kappa shape index (κ3) is 4.38. The Morgan fingerprint density at radius 1 is 1.21 bits per heavy atom. The van der Waals surface area contributed by atoms with Gasteiger partial charge in [0.2, 0.25) is 5.91 Å². The van der Waals surface area contributed by atoms with Gasteiger partial charge in [0.05, 0.1) is 0 Å². The highest BCUT2D eigenvalue weighted by molar-refractivity contribution is 5.91. The van der Waals surface area contributed by atoms with Gasteiger partial charge in [0.25, 0.3) is 0 Å². The quantitative estimate of drug-likeness (QED) is 0.835. The first-order valence-corrected chi connectivity index (χ1v) is 7.46. The number of amides is 1. The molecule has 1 amide bonds. The Morgan fingerprint density at radius 2 is 1.95 bits per heavy atom. The van der Waals surface area contributed by atoms with Gasteiger partial charge < -0.3 is 5.32 Å². The number of hydrogen-bond acceptors (Lipinski definition) is 1. The Morgan fingerprint density at radius 3 is 2.68 bits per heavy atom. The molecule has 1 saturated carbocycles. The van der Waals surface area contributed by atoms with E-state index in [1.54, 1.807) is 0 Å². The van der Waals surface area contributed by atoms with E-state index in [0.717, 1.165) is 18.5 Å². The summed E-state index contributed by atoms with van der Waals surface area (Å²) in [6.07, 6.45) is 8.80. The number of anilines is 1. The van der Waals surface area contributed by atoms with E-state index in [2.05, 4.69) is 18.3 Å². The maximum Gasteiger partial charge on any atom is 0.224 e. The smallest absolute Gasteiger partial charge is 0.224 e. The van der Waals surface area contributed by atoms with Crippen molar-refractivity contribution in [3.63, 3.8) is 0 Å². The molecule has 19 heavy (non-hydrogen) atoms. The molecule has 1 fully saturated rings. The number of carbonyl (C=O) groups is 1. The van der Waals surface area contributed by atoms with E-state index in [9.17, 15) is 4.79 Å². The average molecular weight is 258 g/mol. The fourth-order valence-electron chi connectivity index (χ4n) is 2.91. The minimum Gasteiger partial charge on any atom is -0.326 e. The molecule has 1 aromatic carbocycles. The van der Waals surface area contributed by atoms with Crippen molar-refractivity contribution in [1.29, 1.82) is 0 Å². The molecule has 0 atom stereocenters. The highest BCUT2D eigenvalue weighted by Gasteiger charge is 2.17. The standard InChI is InChI=1S/C17H24NO/c1-2-8-15-11-6-7-12-16(15)18-17(19)13-14-9-4-3-5-10-14/h6-7,11-12,14H,1-5,8-10,13H2,(H,18,19). The van der Waals surface area contributed by atoms with Crippen molar-refractivity contribution >= 4 is 11.6 Å². The molecule has 0 saturated heterocycles. The third-order valence-electron chi connectivity index (χ3n) is 3.94. The Hall–Kier alpha value is -1.31. The lowest BCUT2D eigenvalue weighted by molar-refractivity contribution is -0.117. The first kappa shape index (κ1) is 14.1. The summed E-state index contributed by atoms with van der Waals surface area (Å²) in [6, 6.07) is 8.05. The van der Waals surface area contributed by atoms with Crippen molar-refractivity contribution in [2.75, 3.05) is 5.32 Å². The Bertz CT molecular complexity index is 407. The molecule has 0 aliphatic heterocycles. The van der Waals surface area contributed by atoms with E-state index < -0.39 is 0 Å². The van der Waals surface area contributed by atoms with Gasteiger partial charge in [-0.3, -0.25) is 4.79 Å². The third-order valence-corrected chi connectivity index (χ3v) is 3.94. The van der Waals surface area contributed by atoms with Crippen LogP contribution in [0.15, 0.2) is 24.3 Å². The van der Waals surface area contributed by atoms with Crippen LogP contribution >= 0.6 is 0 Å². The van der Waals surface area contributed by atoms with Crippen LogP contribution < -0.4 is 5.32 Å². The Balaban J connectivity index is 1.90. The minimum absolute atomic E-state index is 0.170. The summed E-state index contributed by atoms with van der Waals surface area (Å²) >= 11 is 0. The lowest BCUT2D eigenvalue weighted by atomic mass is 9.87. The van der Waals surface area contributed by atoms with E-state index in [-0.39, 0.29) is 5.91 Å². The van der Waals surface area contributed by atoms with Gasteiger partial charge in [-0.25, -0.2) is 0 Å². The number of aryl methyl sites for hydroxylation is 1. The molecule has 0 aromatic heterocycles. The summed E-state index contributed by atoms with van der Waals surface area (Å²) in [6.45, 7) is 3.88. The lowest BCUT2D eigenvalue weighted by Crippen LogP contribution is -2.19. The van der Waals surface area contributed by atoms with Crippen molar-refractivity contribution in [1.82, 2.24) is 0 Å². The van der Waals surface area contributed by atoms with Crippen molar-refractivity contribution < 1.29 is 4.79 Å². The molecule has 1 N–H and O–H groups in total. The summed E-state index contributed by atoms with van der Waals surface area (Å²) in [7, 11) is 0. The van der Waals surface area contributed by atoms with Crippen LogP contribution in [0.1, 0.15) is 50.5 Å². The fraction of sp³-hybridized carbons (Fsp3) is 0.529. The second-order valence-electron chi connectivity index (χ2n) is 5.52. The van der Waals surface area contributed by atoms with E-state index >= 15 is 0 Å². The van der Waals surface area contributed by atoms with E-state index in [0.29, 0.717) is 12.3 Å². The van der Waals surface area contributed by atoms with E-state index in [4.69, 9.17) is 0 Å². The molecule has 0 spiro atoms. The van der Waals surface area contributed by atoms with E-state index in [1.807, 2.05) is 18.2 Å². The van der Waals surface area contributed by atoms with Crippen LogP contribution in [0, 0.1) is 12.8 Å². The van der Waals surface area contributed by atoms with Crippen LogP contribution in [0.5, 0.6) is 0 Å². The summed E-state index contributed by atoms with van der Waals surface area (Å²) in [5, 5.41) is 3.08. The van der Waals surface area contributed by atoms with Crippen LogP contribution in [0.2, 0.25) is 0 Å². The average Bonchev–Trinajstić information content (AvgIpc) is 2.42. The maximum absolute atomic E-state index is 12.1. The SMILES string of the molecule is [CH2]CCc1ccccc1NC(=O)CC1CCCCC1. The van der Waals surface area contributed by atoms with Gasteiger partial charge in [0.15, 0.2) is 0 Å². The minimum atomic E-state index is 0.170. The number of benzene rings is 1. The van der Waals surface area contributed by atoms with Crippen molar-refractivity contribution in [3.8, 4) is 0 Å². The van der Waals surface area contributed by atoms with Crippen molar-refractivity contribution in [2.45, 2.75) is 51.4 Å².